The molecule has 92 valence electrons. The van der Waals surface area contributed by atoms with Gasteiger partial charge in [-0.3, -0.25) is 4.79 Å². The predicted molar refractivity (Wildman–Crippen MR) is 61.4 cm³/mol. The molecule has 2 N–H and O–H groups in total. The van der Waals surface area contributed by atoms with Crippen LogP contribution in [0.5, 0.6) is 5.75 Å². The number of amides is 1. The van der Waals surface area contributed by atoms with Gasteiger partial charge in [0, 0.05) is 31.7 Å². The van der Waals surface area contributed by atoms with Gasteiger partial charge in [0.1, 0.15) is 11.6 Å². The molecule has 0 spiro atoms. The van der Waals surface area contributed by atoms with E-state index in [0.29, 0.717) is 13.1 Å². The molecule has 1 aliphatic heterocycles. The van der Waals surface area contributed by atoms with Crippen molar-refractivity contribution in [2.45, 2.75) is 13.0 Å². The fourth-order valence-electron chi connectivity index (χ4n) is 1.97. The van der Waals surface area contributed by atoms with Crippen LogP contribution >= 0.6 is 0 Å². The molecule has 0 saturated carbocycles. The summed E-state index contributed by atoms with van der Waals surface area (Å²) in [7, 11) is 0. The summed E-state index contributed by atoms with van der Waals surface area (Å²) in [6.45, 7) is 3.92. The normalized spacial score (nSPS) is 20.4. The molecule has 1 fully saturated rings. The highest BCUT2D eigenvalue weighted by Gasteiger charge is 2.25. The molecule has 1 unspecified atom stereocenters. The van der Waals surface area contributed by atoms with Crippen LogP contribution in [0.25, 0.3) is 0 Å². The summed E-state index contributed by atoms with van der Waals surface area (Å²) in [5, 5.41) is 12.3. The van der Waals surface area contributed by atoms with Gasteiger partial charge in [0.25, 0.3) is 5.91 Å². The summed E-state index contributed by atoms with van der Waals surface area (Å²) < 4.78 is 13.6. The molecule has 2 rings (SSSR count). The van der Waals surface area contributed by atoms with Crippen molar-refractivity contribution in [1.82, 2.24) is 10.2 Å². The second-order valence-corrected chi connectivity index (χ2v) is 4.22. The first-order valence-corrected chi connectivity index (χ1v) is 5.60. The highest BCUT2D eigenvalue weighted by atomic mass is 19.1. The number of nitrogens with zero attached hydrogens (tertiary/aromatic N) is 1. The number of benzene rings is 1. The number of nitrogens with one attached hydrogen (secondary N) is 1. The minimum absolute atomic E-state index is 0.0107. The lowest BCUT2D eigenvalue weighted by Gasteiger charge is -2.34. The Morgan fingerprint density at radius 2 is 2.35 bits per heavy atom. The number of piperazine rings is 1. The van der Waals surface area contributed by atoms with Crippen LogP contribution in [0.2, 0.25) is 0 Å². The lowest BCUT2D eigenvalue weighted by molar-refractivity contribution is 0.0651. The van der Waals surface area contributed by atoms with E-state index in [2.05, 4.69) is 5.32 Å². The monoisotopic (exact) mass is 238 g/mol. The standard InChI is InChI=1S/C12H15FN2O2/c1-8-7-14-4-5-15(8)12(17)10-3-2-9(16)6-11(10)13/h2-3,6,8,14,16H,4-5,7H2,1H3. The molecule has 1 atom stereocenters. The van der Waals surface area contributed by atoms with Gasteiger partial charge in [0.15, 0.2) is 0 Å². The Hall–Kier alpha value is -1.62. The van der Waals surface area contributed by atoms with Crippen LogP contribution in [-0.2, 0) is 0 Å². The first-order valence-electron chi connectivity index (χ1n) is 5.60. The van der Waals surface area contributed by atoms with Gasteiger partial charge in [0.2, 0.25) is 0 Å². The Labute approximate surface area is 99.0 Å². The summed E-state index contributed by atoms with van der Waals surface area (Å²) in [6.07, 6.45) is 0. The van der Waals surface area contributed by atoms with Crippen molar-refractivity contribution in [3.8, 4) is 5.75 Å². The molecule has 0 aromatic heterocycles. The van der Waals surface area contributed by atoms with Gasteiger partial charge in [0.05, 0.1) is 5.56 Å². The van der Waals surface area contributed by atoms with E-state index in [1.807, 2.05) is 6.92 Å². The summed E-state index contributed by atoms with van der Waals surface area (Å²) >= 11 is 0. The minimum atomic E-state index is -0.680. The third kappa shape index (κ3) is 2.39. The summed E-state index contributed by atoms with van der Waals surface area (Å²) in [6, 6.07) is 3.65. The second-order valence-electron chi connectivity index (χ2n) is 4.22. The van der Waals surface area contributed by atoms with Crippen LogP contribution < -0.4 is 5.32 Å². The summed E-state index contributed by atoms with van der Waals surface area (Å²) in [4.78, 5) is 13.8. The number of phenols is 1. The quantitative estimate of drug-likeness (QED) is 0.766. The summed E-state index contributed by atoms with van der Waals surface area (Å²) in [5.74, 6) is -1.18. The fraction of sp³-hybridized carbons (Fsp3) is 0.417. The van der Waals surface area contributed by atoms with Crippen molar-refractivity contribution >= 4 is 5.91 Å². The largest absolute Gasteiger partial charge is 0.508 e. The number of rotatable bonds is 1. The molecule has 1 aromatic rings. The molecular weight excluding hydrogens is 223 g/mol. The van der Waals surface area contributed by atoms with Crippen LogP contribution in [0, 0.1) is 5.82 Å². The second kappa shape index (κ2) is 4.71. The average Bonchev–Trinajstić information content (AvgIpc) is 2.29. The molecule has 1 saturated heterocycles. The molecule has 1 aliphatic rings. The van der Waals surface area contributed by atoms with E-state index in [9.17, 15) is 9.18 Å². The van der Waals surface area contributed by atoms with Crippen molar-refractivity contribution in [2.24, 2.45) is 0 Å². The zero-order valence-corrected chi connectivity index (χ0v) is 9.61. The summed E-state index contributed by atoms with van der Waals surface area (Å²) in [5.41, 5.74) is 0.0107. The van der Waals surface area contributed by atoms with Gasteiger partial charge in [-0.25, -0.2) is 4.39 Å². The lowest BCUT2D eigenvalue weighted by atomic mass is 10.1. The number of halogens is 1. The zero-order valence-electron chi connectivity index (χ0n) is 9.61. The molecule has 0 radical (unpaired) electrons. The predicted octanol–water partition coefficient (Wildman–Crippen LogP) is 0.965. The van der Waals surface area contributed by atoms with E-state index in [1.54, 1.807) is 4.90 Å². The van der Waals surface area contributed by atoms with Crippen LogP contribution in [0.15, 0.2) is 18.2 Å². The Kier molecular flexibility index (Phi) is 3.28. The maximum Gasteiger partial charge on any atom is 0.257 e. The van der Waals surface area contributed by atoms with Crippen LogP contribution in [0.3, 0.4) is 0 Å². The average molecular weight is 238 g/mol. The Balaban J connectivity index is 2.24. The number of hydrogen-bond donors (Lipinski definition) is 2. The van der Waals surface area contributed by atoms with Crippen molar-refractivity contribution in [3.05, 3.63) is 29.6 Å². The number of aromatic hydroxyl groups is 1. The van der Waals surface area contributed by atoms with Crippen molar-refractivity contribution in [3.63, 3.8) is 0 Å². The van der Waals surface area contributed by atoms with Gasteiger partial charge < -0.3 is 15.3 Å². The maximum atomic E-state index is 13.6. The number of hydrogen-bond acceptors (Lipinski definition) is 3. The molecular formula is C12H15FN2O2. The van der Waals surface area contributed by atoms with Crippen LogP contribution in [0.1, 0.15) is 17.3 Å². The van der Waals surface area contributed by atoms with Crippen LogP contribution in [0.4, 0.5) is 4.39 Å². The third-order valence-electron chi connectivity index (χ3n) is 2.95. The van der Waals surface area contributed by atoms with Gasteiger partial charge in [-0.15, -0.1) is 0 Å². The van der Waals surface area contributed by atoms with E-state index < -0.39 is 5.82 Å². The van der Waals surface area contributed by atoms with E-state index >= 15 is 0 Å². The van der Waals surface area contributed by atoms with Gasteiger partial charge in [-0.2, -0.15) is 0 Å². The first-order chi connectivity index (χ1) is 8.09. The van der Waals surface area contributed by atoms with Crippen molar-refractivity contribution < 1.29 is 14.3 Å². The number of phenolic OH excluding ortho intramolecular Hbond substituents is 1. The molecule has 0 aliphatic carbocycles. The van der Waals surface area contributed by atoms with Crippen molar-refractivity contribution in [2.75, 3.05) is 19.6 Å². The Morgan fingerprint density at radius 1 is 1.59 bits per heavy atom. The highest BCUT2D eigenvalue weighted by molar-refractivity contribution is 5.95. The van der Waals surface area contributed by atoms with E-state index in [4.69, 9.17) is 5.11 Å². The molecule has 1 amide bonds. The molecule has 0 bridgehead atoms. The van der Waals surface area contributed by atoms with E-state index in [1.165, 1.54) is 12.1 Å². The van der Waals surface area contributed by atoms with E-state index in [0.717, 1.165) is 12.6 Å². The number of carbonyl (C=O) groups is 1. The maximum absolute atomic E-state index is 13.6. The molecule has 17 heavy (non-hydrogen) atoms. The number of carbonyl (C=O) groups excluding carboxylic acids is 1. The van der Waals surface area contributed by atoms with Crippen LogP contribution in [-0.4, -0.2) is 41.6 Å². The molecule has 4 nitrogen and oxygen atoms in total. The lowest BCUT2D eigenvalue weighted by Crippen LogP contribution is -2.52. The Morgan fingerprint density at radius 3 is 3.00 bits per heavy atom. The molecule has 1 heterocycles. The van der Waals surface area contributed by atoms with Gasteiger partial charge >= 0.3 is 0 Å². The minimum Gasteiger partial charge on any atom is -0.508 e. The van der Waals surface area contributed by atoms with Gasteiger partial charge in [-0.05, 0) is 19.1 Å². The molecule has 1 aromatic carbocycles. The topological polar surface area (TPSA) is 52.6 Å². The Bertz CT molecular complexity index is 437. The van der Waals surface area contributed by atoms with Crippen molar-refractivity contribution in [1.29, 1.82) is 0 Å². The highest BCUT2D eigenvalue weighted by Crippen LogP contribution is 2.18. The third-order valence-corrected chi connectivity index (χ3v) is 2.95. The SMILES string of the molecule is CC1CNCCN1C(=O)c1ccc(O)cc1F. The smallest absolute Gasteiger partial charge is 0.257 e. The zero-order chi connectivity index (χ0) is 12.4. The fourth-order valence-corrected chi connectivity index (χ4v) is 1.97. The van der Waals surface area contributed by atoms with Gasteiger partial charge in [-0.1, -0.05) is 0 Å². The first kappa shape index (κ1) is 11.9. The van der Waals surface area contributed by atoms with E-state index in [-0.39, 0.29) is 23.3 Å². The molecule has 5 heteroatoms.